The van der Waals surface area contributed by atoms with Crippen LogP contribution in [-0.2, 0) is 14.3 Å². The summed E-state index contributed by atoms with van der Waals surface area (Å²) in [7, 11) is 0. The molecule has 1 N–H and O–H groups in total. The van der Waals surface area contributed by atoms with Gasteiger partial charge in [0, 0.05) is 32.9 Å². The normalized spacial score (nSPS) is 28.4. The summed E-state index contributed by atoms with van der Waals surface area (Å²) >= 11 is 0. The third-order valence-corrected chi connectivity index (χ3v) is 6.04. The molecule has 0 aliphatic carbocycles. The molecule has 148 valence electrons. The number of aryl methyl sites for hydroxylation is 2. The first-order valence-corrected chi connectivity index (χ1v) is 9.77. The third-order valence-electron chi connectivity index (χ3n) is 6.04. The average molecular weight is 377 g/mol. The van der Waals surface area contributed by atoms with Crippen molar-refractivity contribution in [3.8, 4) is 0 Å². The summed E-state index contributed by atoms with van der Waals surface area (Å²) in [6.07, 6.45) is 2.47. The Morgan fingerprint density at radius 1 is 1.19 bits per heavy atom. The van der Waals surface area contributed by atoms with E-state index in [0.717, 1.165) is 32.5 Å². The molecule has 3 atom stereocenters. The van der Waals surface area contributed by atoms with E-state index in [1.807, 2.05) is 0 Å². The molecule has 1 aromatic rings. The molecule has 0 saturated carbocycles. The van der Waals surface area contributed by atoms with E-state index in [2.05, 4.69) is 10.5 Å². The van der Waals surface area contributed by atoms with E-state index in [-0.39, 0.29) is 29.9 Å². The second kappa shape index (κ2) is 7.59. The van der Waals surface area contributed by atoms with Crippen LogP contribution < -0.4 is 5.32 Å². The Hall–Kier alpha value is -1.93. The summed E-state index contributed by atoms with van der Waals surface area (Å²) in [6.45, 7) is 6.63. The monoisotopic (exact) mass is 377 g/mol. The molecule has 4 heterocycles. The Morgan fingerprint density at radius 2 is 1.96 bits per heavy atom. The van der Waals surface area contributed by atoms with E-state index >= 15 is 0 Å². The highest BCUT2D eigenvalue weighted by Gasteiger charge is 2.51. The molecule has 0 spiro atoms. The van der Waals surface area contributed by atoms with Gasteiger partial charge in [0.1, 0.15) is 11.3 Å². The Kier molecular flexibility index (Phi) is 5.19. The zero-order valence-corrected chi connectivity index (χ0v) is 15.9. The van der Waals surface area contributed by atoms with Crippen molar-refractivity contribution >= 4 is 11.8 Å². The first kappa shape index (κ1) is 18.4. The highest BCUT2D eigenvalue weighted by atomic mass is 16.5. The largest absolute Gasteiger partial charge is 0.381 e. The van der Waals surface area contributed by atoms with Crippen LogP contribution in [0.15, 0.2) is 4.52 Å². The lowest BCUT2D eigenvalue weighted by Gasteiger charge is -2.23. The number of likely N-dealkylation sites (tertiary alicyclic amines) is 1. The zero-order chi connectivity index (χ0) is 19.0. The van der Waals surface area contributed by atoms with Crippen molar-refractivity contribution in [1.82, 2.24) is 15.4 Å². The molecule has 0 aromatic carbocycles. The smallest absolute Gasteiger partial charge is 0.259 e. The van der Waals surface area contributed by atoms with Gasteiger partial charge >= 0.3 is 0 Å². The molecule has 1 aromatic heterocycles. The topological polar surface area (TPSA) is 93.9 Å². The zero-order valence-electron chi connectivity index (χ0n) is 15.9. The SMILES string of the molecule is Cc1noc(C)c1C(=O)N1C[C@H](C(=O)NCC2CCOCC2)[C@H]2OCC[C@H]21. The predicted octanol–water partition coefficient (Wildman–Crippen LogP) is 1.06. The summed E-state index contributed by atoms with van der Waals surface area (Å²) in [5.41, 5.74) is 1.09. The molecular weight excluding hydrogens is 350 g/mol. The number of carbonyl (C=O) groups is 2. The standard InChI is InChI=1S/C19H27N3O5/c1-11-16(12(2)27-21-11)19(24)22-10-14(17-15(22)5-8-26-17)18(23)20-9-13-3-6-25-7-4-13/h13-15,17H,3-10H2,1-2H3,(H,20,23)/t14-,15+,17+/m0/s1. The molecule has 2 amide bonds. The van der Waals surface area contributed by atoms with Gasteiger partial charge < -0.3 is 24.2 Å². The number of fused-ring (bicyclic) bond motifs is 1. The molecule has 27 heavy (non-hydrogen) atoms. The molecule has 0 unspecified atom stereocenters. The number of carbonyl (C=O) groups excluding carboxylic acids is 2. The van der Waals surface area contributed by atoms with Gasteiger partial charge in [-0.3, -0.25) is 9.59 Å². The number of hydrogen-bond acceptors (Lipinski definition) is 6. The minimum Gasteiger partial charge on any atom is -0.381 e. The summed E-state index contributed by atoms with van der Waals surface area (Å²) in [6, 6.07) is -0.0648. The quantitative estimate of drug-likeness (QED) is 0.843. The van der Waals surface area contributed by atoms with Crippen molar-refractivity contribution in [2.75, 3.05) is 32.9 Å². The number of aromatic nitrogens is 1. The van der Waals surface area contributed by atoms with Gasteiger partial charge in [0.15, 0.2) is 0 Å². The molecule has 3 aliphatic rings. The maximum absolute atomic E-state index is 13.1. The minimum absolute atomic E-state index is 0.0209. The van der Waals surface area contributed by atoms with Crippen LogP contribution in [0.25, 0.3) is 0 Å². The van der Waals surface area contributed by atoms with Gasteiger partial charge in [0.25, 0.3) is 5.91 Å². The van der Waals surface area contributed by atoms with Crippen LogP contribution in [0.2, 0.25) is 0 Å². The lowest BCUT2D eigenvalue weighted by Crippen LogP contribution is -2.40. The second-order valence-electron chi connectivity index (χ2n) is 7.76. The molecule has 8 nitrogen and oxygen atoms in total. The molecular formula is C19H27N3O5. The Bertz CT molecular complexity index is 693. The van der Waals surface area contributed by atoms with Crippen LogP contribution in [0.4, 0.5) is 0 Å². The predicted molar refractivity (Wildman–Crippen MR) is 95.2 cm³/mol. The van der Waals surface area contributed by atoms with Crippen molar-refractivity contribution in [1.29, 1.82) is 0 Å². The van der Waals surface area contributed by atoms with Gasteiger partial charge in [-0.25, -0.2) is 0 Å². The van der Waals surface area contributed by atoms with Crippen LogP contribution in [0.3, 0.4) is 0 Å². The fraction of sp³-hybridized carbons (Fsp3) is 0.737. The molecule has 3 fully saturated rings. The van der Waals surface area contributed by atoms with Crippen LogP contribution in [0.5, 0.6) is 0 Å². The minimum atomic E-state index is -0.332. The fourth-order valence-corrected chi connectivity index (χ4v) is 4.49. The number of hydrogen-bond donors (Lipinski definition) is 1. The van der Waals surface area contributed by atoms with Gasteiger partial charge in [0.2, 0.25) is 5.91 Å². The summed E-state index contributed by atoms with van der Waals surface area (Å²) in [4.78, 5) is 27.7. The summed E-state index contributed by atoms with van der Waals surface area (Å²) < 4.78 is 16.4. The summed E-state index contributed by atoms with van der Waals surface area (Å²) in [5, 5.41) is 6.97. The summed E-state index contributed by atoms with van der Waals surface area (Å²) in [5.74, 6) is 0.505. The molecule has 0 bridgehead atoms. The van der Waals surface area contributed by atoms with E-state index in [4.69, 9.17) is 14.0 Å². The van der Waals surface area contributed by atoms with Crippen molar-refractivity contribution in [3.63, 3.8) is 0 Å². The van der Waals surface area contributed by atoms with Crippen LogP contribution >= 0.6 is 0 Å². The number of nitrogens with one attached hydrogen (secondary N) is 1. The average Bonchev–Trinajstić information content (AvgIpc) is 3.36. The van der Waals surface area contributed by atoms with Gasteiger partial charge in [0.05, 0.1) is 23.8 Å². The molecule has 3 saturated heterocycles. The van der Waals surface area contributed by atoms with E-state index in [9.17, 15) is 9.59 Å². The Balaban J connectivity index is 1.44. The van der Waals surface area contributed by atoms with Crippen LogP contribution in [0.1, 0.15) is 41.1 Å². The van der Waals surface area contributed by atoms with Crippen molar-refractivity contribution in [2.24, 2.45) is 11.8 Å². The van der Waals surface area contributed by atoms with Gasteiger partial charge in [-0.15, -0.1) is 0 Å². The van der Waals surface area contributed by atoms with E-state index in [1.165, 1.54) is 0 Å². The van der Waals surface area contributed by atoms with E-state index in [0.29, 0.717) is 42.6 Å². The van der Waals surface area contributed by atoms with Gasteiger partial charge in [-0.05, 0) is 39.0 Å². The van der Waals surface area contributed by atoms with Crippen LogP contribution in [0, 0.1) is 25.7 Å². The molecule has 3 aliphatic heterocycles. The third kappa shape index (κ3) is 3.48. The number of nitrogens with zero attached hydrogens (tertiary/aromatic N) is 2. The Labute approximate surface area is 158 Å². The highest BCUT2D eigenvalue weighted by molar-refractivity contribution is 5.97. The van der Waals surface area contributed by atoms with Crippen molar-refractivity contribution < 1.29 is 23.6 Å². The lowest BCUT2D eigenvalue weighted by molar-refractivity contribution is -0.128. The van der Waals surface area contributed by atoms with Gasteiger partial charge in [-0.1, -0.05) is 5.16 Å². The molecule has 0 radical (unpaired) electrons. The van der Waals surface area contributed by atoms with Crippen LogP contribution in [-0.4, -0.2) is 66.9 Å². The number of rotatable bonds is 4. The first-order valence-electron chi connectivity index (χ1n) is 9.77. The first-order chi connectivity index (χ1) is 13.1. The van der Waals surface area contributed by atoms with E-state index in [1.54, 1.807) is 18.7 Å². The number of amides is 2. The van der Waals surface area contributed by atoms with Crippen molar-refractivity contribution in [3.05, 3.63) is 17.0 Å². The maximum atomic E-state index is 13.1. The molecule has 8 heteroatoms. The van der Waals surface area contributed by atoms with E-state index < -0.39 is 0 Å². The number of ether oxygens (including phenoxy) is 2. The van der Waals surface area contributed by atoms with Gasteiger partial charge in [-0.2, -0.15) is 0 Å². The Morgan fingerprint density at radius 3 is 2.67 bits per heavy atom. The molecule has 4 rings (SSSR count). The lowest BCUT2D eigenvalue weighted by atomic mass is 9.98. The van der Waals surface area contributed by atoms with Crippen molar-refractivity contribution in [2.45, 2.75) is 45.3 Å². The highest BCUT2D eigenvalue weighted by Crippen LogP contribution is 2.35. The fourth-order valence-electron chi connectivity index (χ4n) is 4.49. The second-order valence-corrected chi connectivity index (χ2v) is 7.76. The maximum Gasteiger partial charge on any atom is 0.259 e.